The summed E-state index contributed by atoms with van der Waals surface area (Å²) < 4.78 is 0. The molecule has 0 saturated heterocycles. The van der Waals surface area contributed by atoms with Crippen molar-refractivity contribution in [3.05, 3.63) is 59.2 Å². The Morgan fingerprint density at radius 3 is 2.48 bits per heavy atom. The van der Waals surface area contributed by atoms with E-state index in [1.54, 1.807) is 0 Å². The molecule has 0 spiro atoms. The van der Waals surface area contributed by atoms with E-state index in [-0.39, 0.29) is 6.04 Å². The fourth-order valence-electron chi connectivity index (χ4n) is 3.18. The van der Waals surface area contributed by atoms with Crippen LogP contribution in [-0.4, -0.2) is 19.0 Å². The highest BCUT2D eigenvalue weighted by Crippen LogP contribution is 2.32. The van der Waals surface area contributed by atoms with Crippen LogP contribution < -0.4 is 5.73 Å². The average molecular weight is 280 g/mol. The molecule has 3 rings (SSSR count). The quantitative estimate of drug-likeness (QED) is 0.927. The van der Waals surface area contributed by atoms with Crippen molar-refractivity contribution >= 4 is 0 Å². The smallest absolute Gasteiger partial charge is 0.0297 e. The summed E-state index contributed by atoms with van der Waals surface area (Å²) >= 11 is 0. The molecular weight excluding hydrogens is 256 g/mol. The van der Waals surface area contributed by atoms with E-state index in [1.807, 2.05) is 0 Å². The molecule has 0 aliphatic heterocycles. The summed E-state index contributed by atoms with van der Waals surface area (Å²) in [6.07, 6.45) is 3.50. The second kappa shape index (κ2) is 6.00. The molecule has 0 aromatic heterocycles. The summed E-state index contributed by atoms with van der Waals surface area (Å²) in [4.78, 5) is 2.19. The summed E-state index contributed by atoms with van der Waals surface area (Å²) in [5.41, 5.74) is 12.9. The first-order chi connectivity index (χ1) is 10.1. The number of nitrogens with zero attached hydrogens (tertiary/aromatic N) is 1. The average Bonchev–Trinajstić information content (AvgIpc) is 2.48. The van der Waals surface area contributed by atoms with Crippen LogP contribution in [0, 0.1) is 0 Å². The third-order valence-corrected chi connectivity index (χ3v) is 4.29. The molecule has 2 N–H and O–H groups in total. The minimum atomic E-state index is 0.210. The van der Waals surface area contributed by atoms with Gasteiger partial charge in [0.2, 0.25) is 0 Å². The van der Waals surface area contributed by atoms with Gasteiger partial charge in [-0.3, -0.25) is 0 Å². The number of aryl methyl sites for hydroxylation is 1. The summed E-state index contributed by atoms with van der Waals surface area (Å²) in [5.74, 6) is 0. The summed E-state index contributed by atoms with van der Waals surface area (Å²) in [6.45, 7) is 0.981. The van der Waals surface area contributed by atoms with Crippen molar-refractivity contribution in [3.8, 4) is 11.1 Å². The van der Waals surface area contributed by atoms with Crippen LogP contribution in [0.3, 0.4) is 0 Å². The molecule has 21 heavy (non-hydrogen) atoms. The zero-order valence-electron chi connectivity index (χ0n) is 13.0. The maximum Gasteiger partial charge on any atom is 0.0297 e. The summed E-state index contributed by atoms with van der Waals surface area (Å²) in [6, 6.07) is 15.9. The van der Waals surface area contributed by atoms with Gasteiger partial charge in [0.15, 0.2) is 0 Å². The van der Waals surface area contributed by atoms with Crippen LogP contribution in [0.1, 0.15) is 35.6 Å². The largest absolute Gasteiger partial charge is 0.324 e. The Hall–Kier alpha value is -1.64. The van der Waals surface area contributed by atoms with Crippen molar-refractivity contribution in [1.29, 1.82) is 0 Å². The van der Waals surface area contributed by atoms with E-state index in [2.05, 4.69) is 61.5 Å². The van der Waals surface area contributed by atoms with Crippen LogP contribution in [0.25, 0.3) is 11.1 Å². The van der Waals surface area contributed by atoms with Gasteiger partial charge in [-0.1, -0.05) is 36.4 Å². The lowest BCUT2D eigenvalue weighted by molar-refractivity contribution is 0.402. The van der Waals surface area contributed by atoms with Crippen molar-refractivity contribution in [2.45, 2.75) is 31.8 Å². The normalized spacial score (nSPS) is 17.8. The predicted molar refractivity (Wildman–Crippen MR) is 89.1 cm³/mol. The maximum absolute atomic E-state index is 6.27. The minimum Gasteiger partial charge on any atom is -0.324 e. The molecule has 0 saturated carbocycles. The maximum atomic E-state index is 6.27. The number of nitrogens with two attached hydrogens (primary N) is 1. The number of rotatable bonds is 3. The Kier molecular flexibility index (Phi) is 4.09. The Morgan fingerprint density at radius 2 is 1.76 bits per heavy atom. The monoisotopic (exact) mass is 280 g/mol. The van der Waals surface area contributed by atoms with E-state index in [9.17, 15) is 0 Å². The van der Waals surface area contributed by atoms with Crippen LogP contribution in [-0.2, 0) is 13.0 Å². The molecule has 0 fully saturated rings. The fourth-order valence-corrected chi connectivity index (χ4v) is 3.18. The zero-order chi connectivity index (χ0) is 14.8. The van der Waals surface area contributed by atoms with Gasteiger partial charge in [-0.2, -0.15) is 0 Å². The summed E-state index contributed by atoms with van der Waals surface area (Å²) in [5, 5.41) is 0. The number of hydrogen-bond donors (Lipinski definition) is 1. The minimum absolute atomic E-state index is 0.210. The highest BCUT2D eigenvalue weighted by molar-refractivity contribution is 5.65. The molecule has 1 aliphatic rings. The van der Waals surface area contributed by atoms with Crippen LogP contribution in [0.5, 0.6) is 0 Å². The van der Waals surface area contributed by atoms with E-state index in [0.29, 0.717) is 0 Å². The lowest BCUT2D eigenvalue weighted by Gasteiger charge is -2.23. The Morgan fingerprint density at radius 1 is 1.05 bits per heavy atom. The molecule has 2 nitrogen and oxygen atoms in total. The third kappa shape index (κ3) is 3.17. The van der Waals surface area contributed by atoms with Crippen LogP contribution >= 0.6 is 0 Å². The Balaban J connectivity index is 1.88. The molecule has 110 valence electrons. The molecule has 2 aromatic carbocycles. The highest BCUT2D eigenvalue weighted by Gasteiger charge is 2.17. The molecular formula is C19H24N2. The van der Waals surface area contributed by atoms with E-state index < -0.39 is 0 Å². The number of fused-ring (bicyclic) bond motifs is 1. The molecule has 0 amide bonds. The van der Waals surface area contributed by atoms with Gasteiger partial charge in [-0.15, -0.1) is 0 Å². The molecule has 1 atom stereocenters. The van der Waals surface area contributed by atoms with E-state index in [0.717, 1.165) is 13.0 Å². The Bertz CT molecular complexity index is 614. The SMILES string of the molecule is CN(C)Cc1ccc(-c2ccc3c(c2)C(N)CCC3)cc1. The number of hydrogen-bond acceptors (Lipinski definition) is 2. The second-order valence-electron chi connectivity index (χ2n) is 6.35. The lowest BCUT2D eigenvalue weighted by Crippen LogP contribution is -2.17. The molecule has 2 heteroatoms. The molecule has 0 radical (unpaired) electrons. The second-order valence-corrected chi connectivity index (χ2v) is 6.35. The topological polar surface area (TPSA) is 29.3 Å². The van der Waals surface area contributed by atoms with Crippen LogP contribution in [0.4, 0.5) is 0 Å². The van der Waals surface area contributed by atoms with Gasteiger partial charge in [0.1, 0.15) is 0 Å². The van der Waals surface area contributed by atoms with Crippen LogP contribution in [0.2, 0.25) is 0 Å². The lowest BCUT2D eigenvalue weighted by atomic mass is 9.86. The van der Waals surface area contributed by atoms with Gasteiger partial charge in [-0.25, -0.2) is 0 Å². The summed E-state index contributed by atoms with van der Waals surface area (Å²) in [7, 11) is 4.19. The van der Waals surface area contributed by atoms with Gasteiger partial charge in [-0.05, 0) is 67.2 Å². The number of benzene rings is 2. The highest BCUT2D eigenvalue weighted by atomic mass is 15.0. The molecule has 1 aliphatic carbocycles. The van der Waals surface area contributed by atoms with E-state index in [4.69, 9.17) is 5.73 Å². The molecule has 0 bridgehead atoms. The fraction of sp³-hybridized carbons (Fsp3) is 0.368. The van der Waals surface area contributed by atoms with Crippen molar-refractivity contribution in [2.75, 3.05) is 14.1 Å². The van der Waals surface area contributed by atoms with Crippen LogP contribution in [0.15, 0.2) is 42.5 Å². The van der Waals surface area contributed by atoms with Gasteiger partial charge < -0.3 is 10.6 Å². The van der Waals surface area contributed by atoms with Gasteiger partial charge in [0.25, 0.3) is 0 Å². The zero-order valence-corrected chi connectivity index (χ0v) is 13.0. The van der Waals surface area contributed by atoms with Crippen molar-refractivity contribution in [1.82, 2.24) is 4.90 Å². The van der Waals surface area contributed by atoms with Crippen molar-refractivity contribution in [3.63, 3.8) is 0 Å². The first kappa shape index (κ1) is 14.3. The molecule has 0 heterocycles. The first-order valence-corrected chi connectivity index (χ1v) is 7.76. The third-order valence-electron chi connectivity index (χ3n) is 4.29. The van der Waals surface area contributed by atoms with E-state index >= 15 is 0 Å². The van der Waals surface area contributed by atoms with Gasteiger partial charge in [0, 0.05) is 12.6 Å². The standard InChI is InChI=1S/C19H24N2/c1-21(2)13-14-6-8-15(9-7-14)17-11-10-16-4-3-5-19(20)18(16)12-17/h6-12,19H,3-5,13,20H2,1-2H3. The van der Waals surface area contributed by atoms with Crippen molar-refractivity contribution < 1.29 is 0 Å². The molecule has 1 unspecified atom stereocenters. The first-order valence-electron chi connectivity index (χ1n) is 7.76. The van der Waals surface area contributed by atoms with Gasteiger partial charge >= 0.3 is 0 Å². The predicted octanol–water partition coefficient (Wildman–Crippen LogP) is 3.75. The van der Waals surface area contributed by atoms with E-state index in [1.165, 1.54) is 40.7 Å². The van der Waals surface area contributed by atoms with Gasteiger partial charge in [0.05, 0.1) is 0 Å². The van der Waals surface area contributed by atoms with Crippen molar-refractivity contribution in [2.24, 2.45) is 5.73 Å². The molecule has 2 aromatic rings. The Labute approximate surface area is 127 Å².